The number of nitrogens with one attached hydrogen (secondary N) is 1. The lowest BCUT2D eigenvalue weighted by Crippen LogP contribution is -2.58. The number of aliphatic hydroxyl groups is 1. The Morgan fingerprint density at radius 1 is 1.20 bits per heavy atom. The van der Waals surface area contributed by atoms with Crippen molar-refractivity contribution in [1.29, 1.82) is 0 Å². The van der Waals surface area contributed by atoms with E-state index < -0.39 is 11.3 Å². The molecule has 0 aromatic carbocycles. The molecule has 0 bridgehead atoms. The molecular weight excluding hydrogens is 383 g/mol. The zero-order valence-corrected chi connectivity index (χ0v) is 18.2. The lowest BCUT2D eigenvalue weighted by Gasteiger charge is -2.59. The first-order valence-corrected chi connectivity index (χ1v) is 11.8. The average molecular weight is 419 g/mol. The SMILES string of the molecule is C[C@@]1(O)CC[C@@]2(F)[C@H](CC[C@H]3C4CC[C@H](C(=O)CNc5ncco5)[C@@]4(C)CC[C@@H]32)C1. The van der Waals surface area contributed by atoms with Crippen molar-refractivity contribution < 1.29 is 18.7 Å². The molecule has 1 aromatic rings. The number of nitrogens with zero attached hydrogens (tertiary/aromatic N) is 1. The quantitative estimate of drug-likeness (QED) is 0.737. The Morgan fingerprint density at radius 3 is 2.80 bits per heavy atom. The molecule has 1 aromatic heterocycles. The highest BCUT2D eigenvalue weighted by Gasteiger charge is 2.63. The van der Waals surface area contributed by atoms with Crippen LogP contribution in [0.3, 0.4) is 0 Å². The lowest BCUT2D eigenvalue weighted by molar-refractivity contribution is -0.165. The minimum Gasteiger partial charge on any atom is -0.432 e. The van der Waals surface area contributed by atoms with Crippen LogP contribution in [0, 0.1) is 35.0 Å². The number of fused-ring (bicyclic) bond motifs is 5. The van der Waals surface area contributed by atoms with Gasteiger partial charge in [0.2, 0.25) is 0 Å². The minimum absolute atomic E-state index is 0.00400. The van der Waals surface area contributed by atoms with E-state index in [0.717, 1.165) is 38.5 Å². The summed E-state index contributed by atoms with van der Waals surface area (Å²) in [7, 11) is 0. The monoisotopic (exact) mass is 418 g/mol. The van der Waals surface area contributed by atoms with Gasteiger partial charge >= 0.3 is 0 Å². The van der Waals surface area contributed by atoms with E-state index in [1.54, 1.807) is 6.20 Å². The normalized spacial score (nSPS) is 47.8. The van der Waals surface area contributed by atoms with E-state index in [1.165, 1.54) is 6.26 Å². The molecule has 0 aliphatic heterocycles. The van der Waals surface area contributed by atoms with E-state index in [2.05, 4.69) is 17.2 Å². The molecule has 0 radical (unpaired) electrons. The number of oxazole rings is 1. The number of hydrogen-bond acceptors (Lipinski definition) is 5. The largest absolute Gasteiger partial charge is 0.432 e. The van der Waals surface area contributed by atoms with Gasteiger partial charge in [0.1, 0.15) is 11.9 Å². The molecule has 1 unspecified atom stereocenters. The Labute approximate surface area is 178 Å². The molecule has 166 valence electrons. The standard InChI is InChI=1S/C24H35FN2O3/c1-22(29)9-10-24(25)15(13-22)3-4-16-17-5-6-19(23(17,2)8-7-18(16)24)20(28)14-27-21-26-11-12-30-21/h11-12,15-19,29H,3-10,13-14H2,1-2H3,(H,26,27)/t15-,16+,17?,18+,19-,22-,23+,24-/m1/s1. The van der Waals surface area contributed by atoms with Crippen molar-refractivity contribution in [2.45, 2.75) is 82.9 Å². The summed E-state index contributed by atoms with van der Waals surface area (Å²) in [6, 6.07) is 0.387. The molecule has 0 spiro atoms. The maximum Gasteiger partial charge on any atom is 0.294 e. The molecule has 8 atom stereocenters. The summed E-state index contributed by atoms with van der Waals surface area (Å²) in [4.78, 5) is 17.1. The predicted molar refractivity (Wildman–Crippen MR) is 112 cm³/mol. The molecule has 4 fully saturated rings. The number of halogens is 1. The molecule has 4 aliphatic carbocycles. The number of carbonyl (C=O) groups is 1. The molecule has 0 saturated heterocycles. The van der Waals surface area contributed by atoms with Gasteiger partial charge in [-0.1, -0.05) is 6.92 Å². The van der Waals surface area contributed by atoms with E-state index in [0.29, 0.717) is 37.1 Å². The van der Waals surface area contributed by atoms with Gasteiger partial charge in [0.05, 0.1) is 18.3 Å². The highest BCUT2D eigenvalue weighted by molar-refractivity contribution is 5.85. The summed E-state index contributed by atoms with van der Waals surface area (Å²) in [6.07, 6.45) is 10.4. The molecule has 30 heavy (non-hydrogen) atoms. The summed E-state index contributed by atoms with van der Waals surface area (Å²) < 4.78 is 21.6. The Hall–Kier alpha value is -1.43. The molecule has 0 amide bonds. The van der Waals surface area contributed by atoms with Crippen LogP contribution >= 0.6 is 0 Å². The zero-order chi connectivity index (χ0) is 21.1. The molecular formula is C24H35FN2O3. The highest BCUT2D eigenvalue weighted by Crippen LogP contribution is 2.66. The number of anilines is 1. The smallest absolute Gasteiger partial charge is 0.294 e. The minimum atomic E-state index is -1.12. The molecule has 5 nitrogen and oxygen atoms in total. The maximum atomic E-state index is 16.4. The van der Waals surface area contributed by atoms with E-state index >= 15 is 4.39 Å². The van der Waals surface area contributed by atoms with Gasteiger partial charge in [0.25, 0.3) is 6.01 Å². The Morgan fingerprint density at radius 2 is 2.03 bits per heavy atom. The van der Waals surface area contributed by atoms with E-state index in [9.17, 15) is 9.90 Å². The van der Waals surface area contributed by atoms with Crippen molar-refractivity contribution in [3.8, 4) is 0 Å². The van der Waals surface area contributed by atoms with Gasteiger partial charge in [-0.05, 0) is 93.8 Å². The third-order valence-corrected chi connectivity index (χ3v) is 9.55. The number of carbonyl (C=O) groups excluding carboxylic acids is 1. The summed E-state index contributed by atoms with van der Waals surface area (Å²) in [6.45, 7) is 4.40. The van der Waals surface area contributed by atoms with Crippen molar-refractivity contribution in [3.05, 3.63) is 12.5 Å². The molecule has 5 rings (SSSR count). The van der Waals surface area contributed by atoms with Gasteiger partial charge in [0, 0.05) is 5.92 Å². The van der Waals surface area contributed by atoms with Gasteiger partial charge in [-0.15, -0.1) is 0 Å². The summed E-state index contributed by atoms with van der Waals surface area (Å²) in [5, 5.41) is 13.5. The first-order valence-electron chi connectivity index (χ1n) is 11.8. The summed E-state index contributed by atoms with van der Waals surface area (Å²) in [5.41, 5.74) is -1.86. The number of rotatable bonds is 4. The zero-order valence-electron chi connectivity index (χ0n) is 18.2. The fraction of sp³-hybridized carbons (Fsp3) is 0.833. The average Bonchev–Trinajstić information content (AvgIpc) is 3.33. The van der Waals surface area contributed by atoms with Crippen molar-refractivity contribution >= 4 is 11.8 Å². The first-order chi connectivity index (χ1) is 14.2. The predicted octanol–water partition coefficient (Wildman–Crippen LogP) is 4.77. The third-order valence-electron chi connectivity index (χ3n) is 9.55. The third kappa shape index (κ3) is 3.12. The van der Waals surface area contributed by atoms with Crippen LogP contribution in [0.2, 0.25) is 0 Å². The van der Waals surface area contributed by atoms with Crippen LogP contribution in [0.5, 0.6) is 0 Å². The Bertz CT molecular complexity index is 796. The van der Waals surface area contributed by atoms with Gasteiger partial charge in [-0.2, -0.15) is 0 Å². The Kier molecular flexibility index (Phi) is 4.81. The number of Topliss-reactive ketones (excluding diaryl/α,β-unsaturated/α-hetero) is 1. The second kappa shape index (κ2) is 7.04. The number of ketones is 1. The first kappa shape index (κ1) is 20.5. The number of aromatic nitrogens is 1. The molecule has 2 N–H and O–H groups in total. The Balaban J connectivity index is 1.31. The van der Waals surface area contributed by atoms with Gasteiger partial charge < -0.3 is 14.8 Å². The van der Waals surface area contributed by atoms with Crippen molar-refractivity contribution in [3.63, 3.8) is 0 Å². The van der Waals surface area contributed by atoms with Crippen molar-refractivity contribution in [2.24, 2.45) is 35.0 Å². The van der Waals surface area contributed by atoms with Crippen molar-refractivity contribution in [2.75, 3.05) is 11.9 Å². The van der Waals surface area contributed by atoms with Gasteiger partial charge in [-0.25, -0.2) is 9.37 Å². The molecule has 6 heteroatoms. The lowest BCUT2D eigenvalue weighted by atomic mass is 9.48. The van der Waals surface area contributed by atoms with Crippen molar-refractivity contribution in [1.82, 2.24) is 4.98 Å². The second-order valence-electron chi connectivity index (χ2n) is 11.1. The topological polar surface area (TPSA) is 75.4 Å². The van der Waals surface area contributed by atoms with Crippen LogP contribution in [0.4, 0.5) is 10.4 Å². The number of alkyl halides is 1. The highest BCUT2D eigenvalue weighted by atomic mass is 19.1. The van der Waals surface area contributed by atoms with Crippen LogP contribution < -0.4 is 5.32 Å². The van der Waals surface area contributed by atoms with E-state index in [1.807, 2.05) is 6.92 Å². The van der Waals surface area contributed by atoms with Crippen LogP contribution in [-0.2, 0) is 4.79 Å². The van der Waals surface area contributed by atoms with Crippen LogP contribution in [0.1, 0.15) is 71.6 Å². The second-order valence-corrected chi connectivity index (χ2v) is 11.1. The van der Waals surface area contributed by atoms with E-state index in [4.69, 9.17) is 4.42 Å². The fourth-order valence-corrected chi connectivity index (χ4v) is 8.10. The van der Waals surface area contributed by atoms with Gasteiger partial charge in [-0.3, -0.25) is 4.79 Å². The maximum absolute atomic E-state index is 16.4. The van der Waals surface area contributed by atoms with Gasteiger partial charge in [0.15, 0.2) is 5.78 Å². The summed E-state index contributed by atoms with van der Waals surface area (Å²) >= 11 is 0. The fourth-order valence-electron chi connectivity index (χ4n) is 8.10. The molecule has 1 heterocycles. The summed E-state index contributed by atoms with van der Waals surface area (Å²) in [5.74, 6) is 1.18. The van der Waals surface area contributed by atoms with Crippen LogP contribution in [-0.4, -0.2) is 33.7 Å². The van der Waals surface area contributed by atoms with Crippen LogP contribution in [0.15, 0.2) is 16.9 Å². The molecule has 4 aliphatic rings. The number of hydrogen-bond donors (Lipinski definition) is 2. The van der Waals surface area contributed by atoms with Crippen LogP contribution in [0.25, 0.3) is 0 Å². The van der Waals surface area contributed by atoms with E-state index in [-0.39, 0.29) is 35.5 Å². The molecule has 4 saturated carbocycles.